The summed E-state index contributed by atoms with van der Waals surface area (Å²) >= 11 is 1.54. The average Bonchev–Trinajstić information content (AvgIpc) is 2.92. The van der Waals surface area contributed by atoms with Gasteiger partial charge in [0.15, 0.2) is 0 Å². The Hall–Kier alpha value is -1.88. The first-order chi connectivity index (χ1) is 9.58. The maximum atomic E-state index is 12.0. The quantitative estimate of drug-likeness (QED) is 0.904. The molecule has 1 aromatic carbocycles. The predicted molar refractivity (Wildman–Crippen MR) is 81.8 cm³/mol. The minimum Gasteiger partial charge on any atom is -0.332 e. The van der Waals surface area contributed by atoms with E-state index in [4.69, 9.17) is 0 Å². The van der Waals surface area contributed by atoms with Crippen LogP contribution in [0, 0.1) is 6.92 Å². The lowest BCUT2D eigenvalue weighted by Crippen LogP contribution is -2.38. The van der Waals surface area contributed by atoms with Gasteiger partial charge in [-0.1, -0.05) is 24.3 Å². The maximum absolute atomic E-state index is 12.0. The molecule has 4 nitrogen and oxygen atoms in total. The molecule has 2 N–H and O–H groups in total. The van der Waals surface area contributed by atoms with Crippen LogP contribution in [0.25, 0.3) is 0 Å². The molecule has 0 spiro atoms. The van der Waals surface area contributed by atoms with Gasteiger partial charge in [-0.2, -0.15) is 0 Å². The summed E-state index contributed by atoms with van der Waals surface area (Å²) in [6, 6.07) is 7.77. The summed E-state index contributed by atoms with van der Waals surface area (Å²) < 4.78 is 0. The highest BCUT2D eigenvalue weighted by Crippen LogP contribution is 2.17. The van der Waals surface area contributed by atoms with Crippen LogP contribution in [-0.2, 0) is 0 Å². The molecule has 0 saturated heterocycles. The molecule has 0 fully saturated rings. The van der Waals surface area contributed by atoms with E-state index in [0.717, 1.165) is 10.6 Å². The Morgan fingerprint density at radius 2 is 1.90 bits per heavy atom. The van der Waals surface area contributed by atoms with Crippen LogP contribution in [0.4, 0.5) is 4.79 Å². The Labute approximate surface area is 123 Å². The summed E-state index contributed by atoms with van der Waals surface area (Å²) in [5.41, 5.74) is 2.30. The van der Waals surface area contributed by atoms with Crippen LogP contribution in [0.5, 0.6) is 0 Å². The molecule has 0 aliphatic rings. The first kappa shape index (κ1) is 14.5. The van der Waals surface area contributed by atoms with Crippen LogP contribution in [-0.4, -0.2) is 11.0 Å². The summed E-state index contributed by atoms with van der Waals surface area (Å²) in [4.78, 5) is 16.2. The molecule has 0 aliphatic carbocycles. The van der Waals surface area contributed by atoms with E-state index in [2.05, 4.69) is 15.6 Å². The first-order valence-electron chi connectivity index (χ1n) is 6.60. The van der Waals surface area contributed by atoms with Crippen molar-refractivity contribution in [3.8, 4) is 0 Å². The van der Waals surface area contributed by atoms with Crippen LogP contribution in [0.3, 0.4) is 0 Å². The Bertz CT molecular complexity index is 568. The molecule has 0 bridgehead atoms. The fourth-order valence-corrected chi connectivity index (χ4v) is 2.74. The van der Waals surface area contributed by atoms with E-state index in [-0.39, 0.29) is 18.1 Å². The van der Waals surface area contributed by atoms with E-state index >= 15 is 0 Å². The van der Waals surface area contributed by atoms with Crippen LogP contribution in [0.2, 0.25) is 0 Å². The van der Waals surface area contributed by atoms with Gasteiger partial charge in [-0.05, 0) is 31.9 Å². The predicted octanol–water partition coefficient (Wildman–Crippen LogP) is 3.57. The number of carbonyl (C=O) groups is 1. The molecule has 106 valence electrons. The smallest absolute Gasteiger partial charge is 0.315 e. The normalized spacial score (nSPS) is 13.6. The van der Waals surface area contributed by atoms with Gasteiger partial charge < -0.3 is 10.6 Å². The van der Waals surface area contributed by atoms with Gasteiger partial charge >= 0.3 is 6.03 Å². The third-order valence-electron chi connectivity index (χ3n) is 3.17. The van der Waals surface area contributed by atoms with E-state index in [0.29, 0.717) is 0 Å². The molecule has 0 unspecified atom stereocenters. The molecule has 2 atom stereocenters. The minimum atomic E-state index is -0.177. The molecule has 0 radical (unpaired) electrons. The van der Waals surface area contributed by atoms with Crippen molar-refractivity contribution in [2.24, 2.45) is 0 Å². The van der Waals surface area contributed by atoms with Crippen LogP contribution < -0.4 is 10.6 Å². The number of thiazole rings is 1. The highest BCUT2D eigenvalue weighted by Gasteiger charge is 2.14. The number of benzene rings is 1. The highest BCUT2D eigenvalue weighted by atomic mass is 32.1. The molecule has 1 aromatic heterocycles. The Kier molecular flexibility index (Phi) is 4.74. The minimum absolute atomic E-state index is 0.0281. The standard InChI is InChI=1S/C15H19N3OS/c1-10-6-4-5-7-13(10)11(2)17-15(19)18-12(3)14-16-8-9-20-14/h4-9,11-12H,1-3H3,(H2,17,18,19)/t11-,12+/m0/s1. The molecular weight excluding hydrogens is 270 g/mol. The van der Waals surface area contributed by atoms with Gasteiger partial charge in [0.2, 0.25) is 0 Å². The molecule has 0 aliphatic heterocycles. The number of aromatic nitrogens is 1. The summed E-state index contributed by atoms with van der Waals surface area (Å²) in [5, 5.41) is 8.67. The molecule has 2 aromatic rings. The van der Waals surface area contributed by atoms with E-state index in [9.17, 15) is 4.79 Å². The molecule has 0 saturated carbocycles. The van der Waals surface area contributed by atoms with Crippen molar-refractivity contribution >= 4 is 17.4 Å². The van der Waals surface area contributed by atoms with E-state index in [1.807, 2.05) is 50.4 Å². The lowest BCUT2D eigenvalue weighted by atomic mass is 10.0. The van der Waals surface area contributed by atoms with Gasteiger partial charge in [0.1, 0.15) is 5.01 Å². The number of carbonyl (C=O) groups excluding carboxylic acids is 1. The van der Waals surface area contributed by atoms with Crippen molar-refractivity contribution in [2.45, 2.75) is 32.9 Å². The van der Waals surface area contributed by atoms with Crippen molar-refractivity contribution in [3.05, 3.63) is 52.0 Å². The zero-order chi connectivity index (χ0) is 14.5. The van der Waals surface area contributed by atoms with Gasteiger partial charge in [0.25, 0.3) is 0 Å². The maximum Gasteiger partial charge on any atom is 0.315 e. The number of nitrogens with zero attached hydrogens (tertiary/aromatic N) is 1. The Balaban J connectivity index is 1.93. The number of aryl methyl sites for hydroxylation is 1. The fraction of sp³-hybridized carbons (Fsp3) is 0.333. The third kappa shape index (κ3) is 3.57. The third-order valence-corrected chi connectivity index (χ3v) is 4.13. The van der Waals surface area contributed by atoms with Crippen LogP contribution in [0.15, 0.2) is 35.8 Å². The highest BCUT2D eigenvalue weighted by molar-refractivity contribution is 7.09. The summed E-state index contributed by atoms with van der Waals surface area (Å²) in [5.74, 6) is 0. The van der Waals surface area contributed by atoms with Gasteiger partial charge in [-0.25, -0.2) is 9.78 Å². The van der Waals surface area contributed by atoms with E-state index in [1.54, 1.807) is 6.20 Å². The molecule has 2 rings (SSSR count). The van der Waals surface area contributed by atoms with Gasteiger partial charge in [0.05, 0.1) is 12.1 Å². The Morgan fingerprint density at radius 3 is 2.55 bits per heavy atom. The number of urea groups is 1. The first-order valence-corrected chi connectivity index (χ1v) is 7.48. The van der Waals surface area contributed by atoms with Gasteiger partial charge in [-0.15, -0.1) is 11.3 Å². The van der Waals surface area contributed by atoms with Crippen LogP contribution in [0.1, 0.15) is 42.1 Å². The zero-order valence-electron chi connectivity index (χ0n) is 11.9. The topological polar surface area (TPSA) is 54.0 Å². The number of rotatable bonds is 4. The van der Waals surface area contributed by atoms with E-state index < -0.39 is 0 Å². The SMILES string of the molecule is Cc1ccccc1[C@H](C)NC(=O)N[C@H](C)c1nccs1. The molecular formula is C15H19N3OS. The number of hydrogen-bond donors (Lipinski definition) is 2. The van der Waals surface area contributed by atoms with Crippen molar-refractivity contribution < 1.29 is 4.79 Å². The number of hydrogen-bond acceptors (Lipinski definition) is 3. The summed E-state index contributed by atoms with van der Waals surface area (Å²) in [7, 11) is 0. The monoisotopic (exact) mass is 289 g/mol. The van der Waals surface area contributed by atoms with Crippen LogP contribution >= 0.6 is 11.3 Å². The second-order valence-electron chi connectivity index (χ2n) is 4.79. The molecule has 1 heterocycles. The number of amides is 2. The molecule has 20 heavy (non-hydrogen) atoms. The molecule has 2 amide bonds. The van der Waals surface area contributed by atoms with Gasteiger partial charge in [-0.3, -0.25) is 0 Å². The zero-order valence-corrected chi connectivity index (χ0v) is 12.7. The van der Waals surface area contributed by atoms with Gasteiger partial charge in [0, 0.05) is 11.6 Å². The van der Waals surface area contributed by atoms with Crippen molar-refractivity contribution in [1.29, 1.82) is 0 Å². The largest absolute Gasteiger partial charge is 0.332 e. The van der Waals surface area contributed by atoms with Crippen molar-refractivity contribution in [1.82, 2.24) is 15.6 Å². The average molecular weight is 289 g/mol. The Morgan fingerprint density at radius 1 is 1.20 bits per heavy atom. The lowest BCUT2D eigenvalue weighted by Gasteiger charge is -2.18. The fourth-order valence-electron chi connectivity index (χ4n) is 2.10. The second kappa shape index (κ2) is 6.52. The number of nitrogens with one attached hydrogen (secondary N) is 2. The summed E-state index contributed by atoms with van der Waals surface area (Å²) in [6.45, 7) is 5.95. The van der Waals surface area contributed by atoms with Crippen molar-refractivity contribution in [3.63, 3.8) is 0 Å². The second-order valence-corrected chi connectivity index (χ2v) is 5.71. The molecule has 5 heteroatoms. The lowest BCUT2D eigenvalue weighted by molar-refractivity contribution is 0.235. The van der Waals surface area contributed by atoms with E-state index in [1.165, 1.54) is 16.9 Å². The van der Waals surface area contributed by atoms with Crippen molar-refractivity contribution in [2.75, 3.05) is 0 Å². The summed E-state index contributed by atoms with van der Waals surface area (Å²) in [6.07, 6.45) is 1.74.